The number of aromatic nitrogens is 8. The number of furan rings is 1. The topological polar surface area (TPSA) is 100 Å². The highest BCUT2D eigenvalue weighted by molar-refractivity contribution is 6.39. The van der Waals surface area contributed by atoms with Crippen molar-refractivity contribution in [3.05, 3.63) is 243 Å². The van der Waals surface area contributed by atoms with Crippen molar-refractivity contribution in [3.8, 4) is 79.7 Å². The summed E-state index contributed by atoms with van der Waals surface area (Å²) in [5.41, 5.74) is 12.7. The van der Waals surface area contributed by atoms with Crippen molar-refractivity contribution < 1.29 is 4.42 Å². The lowest BCUT2D eigenvalue weighted by Gasteiger charge is -2.16. The van der Waals surface area contributed by atoms with Gasteiger partial charge in [-0.2, -0.15) is 0 Å². The standard InChI is InChI=1S/C66H40N8O/c1-6-22-41(23-7-1)61-67-62(42-24-8-2-9-25-42)70-65(69-61)47-39-38-46(40-51(47)66-71-63(43-26-10-3-11-27-43)68-64(72-66)44-28-12-4-13-29-44)74-53-36-20-17-33-49(53)57-59(74)58-55(56-50-34-18-21-37-54(50)75-60(56)57)48-32-16-19-35-52(48)73(58)45-30-14-5-15-31-45/h1-40H. The lowest BCUT2D eigenvalue weighted by molar-refractivity contribution is 0.673. The molecule has 350 valence electrons. The van der Waals surface area contributed by atoms with Gasteiger partial charge in [0.05, 0.1) is 27.5 Å². The molecule has 0 radical (unpaired) electrons. The average molecular weight is 961 g/mol. The fraction of sp³-hybridized carbons (Fsp3) is 0. The Morgan fingerprint density at radius 2 is 0.667 bits per heavy atom. The van der Waals surface area contributed by atoms with Crippen molar-refractivity contribution >= 4 is 65.6 Å². The van der Waals surface area contributed by atoms with E-state index in [4.69, 9.17) is 34.3 Å². The first kappa shape index (κ1) is 42.3. The Kier molecular flexibility index (Phi) is 9.67. The Hall–Kier alpha value is -10.4. The van der Waals surface area contributed by atoms with E-state index >= 15 is 0 Å². The van der Waals surface area contributed by atoms with E-state index in [1.54, 1.807) is 0 Å². The number of benzene rings is 10. The molecular weight excluding hydrogens is 921 g/mol. The van der Waals surface area contributed by atoms with Crippen molar-refractivity contribution in [3.63, 3.8) is 0 Å². The molecule has 0 aliphatic carbocycles. The second-order valence-electron chi connectivity index (χ2n) is 18.6. The van der Waals surface area contributed by atoms with E-state index < -0.39 is 0 Å². The predicted octanol–water partition coefficient (Wildman–Crippen LogP) is 16.2. The average Bonchev–Trinajstić information content (AvgIpc) is 4.20. The van der Waals surface area contributed by atoms with Gasteiger partial charge in [0.2, 0.25) is 0 Å². The molecule has 0 amide bonds. The molecule has 15 rings (SSSR count). The van der Waals surface area contributed by atoms with Crippen LogP contribution in [0, 0.1) is 0 Å². The quantitative estimate of drug-likeness (QED) is 0.149. The number of para-hydroxylation sites is 4. The Bertz CT molecular complexity index is 4570. The highest BCUT2D eigenvalue weighted by atomic mass is 16.3. The van der Waals surface area contributed by atoms with Gasteiger partial charge in [0.25, 0.3) is 0 Å². The summed E-state index contributed by atoms with van der Waals surface area (Å²) < 4.78 is 11.9. The van der Waals surface area contributed by atoms with Crippen LogP contribution in [0.4, 0.5) is 0 Å². The Morgan fingerprint density at radius 3 is 1.19 bits per heavy atom. The maximum Gasteiger partial charge on any atom is 0.164 e. The molecule has 75 heavy (non-hydrogen) atoms. The third-order valence-electron chi connectivity index (χ3n) is 14.2. The zero-order chi connectivity index (χ0) is 49.4. The van der Waals surface area contributed by atoms with Crippen molar-refractivity contribution in [1.82, 2.24) is 39.0 Å². The van der Waals surface area contributed by atoms with Crippen LogP contribution in [-0.4, -0.2) is 39.0 Å². The molecule has 0 spiro atoms. The fourth-order valence-electron chi connectivity index (χ4n) is 10.9. The first-order valence-electron chi connectivity index (χ1n) is 25.0. The van der Waals surface area contributed by atoms with Crippen LogP contribution in [0.2, 0.25) is 0 Å². The second-order valence-corrected chi connectivity index (χ2v) is 18.6. The fourth-order valence-corrected chi connectivity index (χ4v) is 10.9. The molecular formula is C66H40N8O. The van der Waals surface area contributed by atoms with E-state index in [-0.39, 0.29) is 0 Å². The molecule has 5 heterocycles. The predicted molar refractivity (Wildman–Crippen MR) is 302 cm³/mol. The molecule has 9 heteroatoms. The highest BCUT2D eigenvalue weighted by Crippen LogP contribution is 2.50. The van der Waals surface area contributed by atoms with Gasteiger partial charge < -0.3 is 13.6 Å². The minimum absolute atomic E-state index is 0.464. The third-order valence-corrected chi connectivity index (χ3v) is 14.2. The van der Waals surface area contributed by atoms with E-state index in [1.807, 2.05) is 127 Å². The summed E-state index contributed by atoms with van der Waals surface area (Å²) in [6.45, 7) is 0. The Balaban J connectivity index is 1.10. The van der Waals surface area contributed by atoms with Gasteiger partial charge in [0, 0.05) is 71.7 Å². The lowest BCUT2D eigenvalue weighted by atomic mass is 10.0. The van der Waals surface area contributed by atoms with Crippen LogP contribution in [0.3, 0.4) is 0 Å². The maximum absolute atomic E-state index is 7.10. The largest absolute Gasteiger partial charge is 0.455 e. The summed E-state index contributed by atoms with van der Waals surface area (Å²) in [5.74, 6) is 3.12. The van der Waals surface area contributed by atoms with Crippen molar-refractivity contribution in [2.45, 2.75) is 0 Å². The van der Waals surface area contributed by atoms with Crippen molar-refractivity contribution in [2.24, 2.45) is 0 Å². The maximum atomic E-state index is 7.10. The SMILES string of the molecule is c1ccc(-c2nc(-c3ccccc3)nc(-c3ccc(-n4c5ccccc5c5c6oc7ccccc7c6c6c7ccccc7n(-c7ccccc7)c6c54)cc3-c3nc(-c4ccccc4)nc(-c4ccccc4)n3)n2)cc1. The summed E-state index contributed by atoms with van der Waals surface area (Å²) in [5, 5.41) is 6.48. The molecule has 0 saturated heterocycles. The number of nitrogens with zero attached hydrogens (tertiary/aromatic N) is 8. The molecule has 0 unspecified atom stereocenters. The molecule has 15 aromatic rings. The van der Waals surface area contributed by atoms with Crippen LogP contribution in [0.25, 0.3) is 145 Å². The molecule has 9 nitrogen and oxygen atoms in total. The van der Waals surface area contributed by atoms with E-state index in [2.05, 4.69) is 124 Å². The summed E-state index contributed by atoms with van der Waals surface area (Å²) >= 11 is 0. The van der Waals surface area contributed by atoms with Gasteiger partial charge >= 0.3 is 0 Å². The van der Waals surface area contributed by atoms with Gasteiger partial charge in [-0.05, 0) is 48.5 Å². The molecule has 0 atom stereocenters. The first-order valence-corrected chi connectivity index (χ1v) is 25.0. The minimum atomic E-state index is 0.464. The number of fused-ring (bicyclic) bond motifs is 12. The zero-order valence-corrected chi connectivity index (χ0v) is 40.1. The van der Waals surface area contributed by atoms with Gasteiger partial charge in [-0.15, -0.1) is 0 Å². The monoisotopic (exact) mass is 960 g/mol. The van der Waals surface area contributed by atoms with E-state index in [0.29, 0.717) is 40.5 Å². The van der Waals surface area contributed by atoms with Gasteiger partial charge in [-0.1, -0.05) is 194 Å². The second kappa shape index (κ2) is 17.1. The number of hydrogen-bond acceptors (Lipinski definition) is 7. The Morgan fingerprint density at radius 1 is 0.280 bits per heavy atom. The highest BCUT2D eigenvalue weighted by Gasteiger charge is 2.29. The lowest BCUT2D eigenvalue weighted by Crippen LogP contribution is -2.05. The van der Waals surface area contributed by atoms with Gasteiger partial charge in [0.1, 0.15) is 11.2 Å². The molecule has 0 bridgehead atoms. The Labute approximate surface area is 429 Å². The van der Waals surface area contributed by atoms with Crippen LogP contribution in [-0.2, 0) is 0 Å². The van der Waals surface area contributed by atoms with Crippen LogP contribution in [0.1, 0.15) is 0 Å². The molecule has 5 aromatic heterocycles. The van der Waals surface area contributed by atoms with Gasteiger partial charge in [-0.25, -0.2) is 29.9 Å². The van der Waals surface area contributed by atoms with Gasteiger partial charge in [-0.3, -0.25) is 0 Å². The smallest absolute Gasteiger partial charge is 0.164 e. The van der Waals surface area contributed by atoms with Crippen LogP contribution in [0.5, 0.6) is 0 Å². The minimum Gasteiger partial charge on any atom is -0.455 e. The summed E-state index contributed by atoms with van der Waals surface area (Å²) in [4.78, 5) is 31.5. The summed E-state index contributed by atoms with van der Waals surface area (Å²) in [6.07, 6.45) is 0. The zero-order valence-electron chi connectivity index (χ0n) is 40.1. The summed E-state index contributed by atoms with van der Waals surface area (Å²) in [6, 6.07) is 83.1. The van der Waals surface area contributed by atoms with Crippen molar-refractivity contribution in [2.75, 3.05) is 0 Å². The van der Waals surface area contributed by atoms with E-state index in [1.165, 1.54) is 0 Å². The van der Waals surface area contributed by atoms with Crippen LogP contribution >= 0.6 is 0 Å². The number of hydrogen-bond donors (Lipinski definition) is 0. The first-order chi connectivity index (χ1) is 37.2. The van der Waals surface area contributed by atoms with E-state index in [9.17, 15) is 0 Å². The van der Waals surface area contributed by atoms with Gasteiger partial charge in [0.15, 0.2) is 34.9 Å². The van der Waals surface area contributed by atoms with Crippen LogP contribution in [0.15, 0.2) is 247 Å². The van der Waals surface area contributed by atoms with Crippen molar-refractivity contribution in [1.29, 1.82) is 0 Å². The van der Waals surface area contributed by atoms with Crippen LogP contribution < -0.4 is 0 Å². The number of rotatable bonds is 8. The normalized spacial score (nSPS) is 11.7. The molecule has 0 N–H and O–H groups in total. The molecule has 0 saturated carbocycles. The molecule has 0 fully saturated rings. The molecule has 0 aliphatic heterocycles. The molecule has 0 aliphatic rings. The van der Waals surface area contributed by atoms with E-state index in [0.717, 1.165) is 105 Å². The summed E-state index contributed by atoms with van der Waals surface area (Å²) in [7, 11) is 0. The third kappa shape index (κ3) is 6.86. The molecule has 10 aromatic carbocycles.